The van der Waals surface area contributed by atoms with Gasteiger partial charge in [-0.2, -0.15) is 0 Å². The van der Waals surface area contributed by atoms with Gasteiger partial charge in [0.25, 0.3) is 0 Å². The summed E-state index contributed by atoms with van der Waals surface area (Å²) in [7, 11) is 0. The SMILES string of the molecule is CC(NC1CCN2CCCCC12)C1CCCO1. The summed E-state index contributed by atoms with van der Waals surface area (Å²) >= 11 is 0. The standard InChI is InChI=1S/C14H26N2O/c1-11(14-6-4-10-17-14)15-12-7-9-16-8-3-2-5-13(12)16/h11-15H,2-10H2,1H3. The fraction of sp³-hybridized carbons (Fsp3) is 1.00. The third kappa shape index (κ3) is 2.51. The van der Waals surface area contributed by atoms with E-state index in [0.29, 0.717) is 12.1 Å². The Kier molecular flexibility index (Phi) is 3.69. The Morgan fingerprint density at radius 3 is 2.88 bits per heavy atom. The summed E-state index contributed by atoms with van der Waals surface area (Å²) in [6, 6.07) is 2.06. The molecular formula is C14H26N2O. The molecule has 3 aliphatic rings. The quantitative estimate of drug-likeness (QED) is 0.811. The summed E-state index contributed by atoms with van der Waals surface area (Å²) in [6.45, 7) is 5.91. The number of piperidine rings is 1. The Morgan fingerprint density at radius 1 is 1.12 bits per heavy atom. The summed E-state index contributed by atoms with van der Waals surface area (Å²) in [5.74, 6) is 0. The molecule has 3 heteroatoms. The molecule has 0 spiro atoms. The van der Waals surface area contributed by atoms with Crippen LogP contribution in [0.4, 0.5) is 0 Å². The second-order valence-electron chi connectivity index (χ2n) is 6.00. The van der Waals surface area contributed by atoms with E-state index in [4.69, 9.17) is 4.74 Å². The lowest BCUT2D eigenvalue weighted by atomic mass is 9.97. The van der Waals surface area contributed by atoms with Crippen molar-refractivity contribution in [3.63, 3.8) is 0 Å². The van der Waals surface area contributed by atoms with Gasteiger partial charge in [0.15, 0.2) is 0 Å². The molecule has 3 nitrogen and oxygen atoms in total. The third-order valence-corrected chi connectivity index (χ3v) is 4.86. The van der Waals surface area contributed by atoms with Gasteiger partial charge in [-0.3, -0.25) is 4.90 Å². The molecule has 98 valence electrons. The highest BCUT2D eigenvalue weighted by Crippen LogP contribution is 2.28. The number of ether oxygens (including phenoxy) is 1. The van der Waals surface area contributed by atoms with Crippen LogP contribution >= 0.6 is 0 Å². The maximum Gasteiger partial charge on any atom is 0.0726 e. The molecule has 0 aromatic carbocycles. The first kappa shape index (κ1) is 11.9. The minimum absolute atomic E-state index is 0.465. The van der Waals surface area contributed by atoms with Crippen molar-refractivity contribution in [1.82, 2.24) is 10.2 Å². The zero-order valence-electron chi connectivity index (χ0n) is 11.0. The average molecular weight is 238 g/mol. The Balaban J connectivity index is 1.54. The van der Waals surface area contributed by atoms with Crippen LogP contribution in [0.5, 0.6) is 0 Å². The van der Waals surface area contributed by atoms with Crippen molar-refractivity contribution >= 4 is 0 Å². The Morgan fingerprint density at radius 2 is 2.06 bits per heavy atom. The zero-order valence-corrected chi connectivity index (χ0v) is 11.0. The zero-order chi connectivity index (χ0) is 11.7. The van der Waals surface area contributed by atoms with Crippen LogP contribution in [0, 0.1) is 0 Å². The first-order valence-corrected chi connectivity index (χ1v) is 7.46. The van der Waals surface area contributed by atoms with E-state index in [1.807, 2.05) is 0 Å². The van der Waals surface area contributed by atoms with Crippen LogP contribution in [0.1, 0.15) is 45.4 Å². The number of rotatable bonds is 3. The van der Waals surface area contributed by atoms with Crippen molar-refractivity contribution in [3.05, 3.63) is 0 Å². The van der Waals surface area contributed by atoms with Crippen LogP contribution in [-0.2, 0) is 4.74 Å². The van der Waals surface area contributed by atoms with Crippen LogP contribution in [0.3, 0.4) is 0 Å². The van der Waals surface area contributed by atoms with Gasteiger partial charge in [0.05, 0.1) is 6.10 Å². The Hall–Kier alpha value is -0.120. The monoisotopic (exact) mass is 238 g/mol. The van der Waals surface area contributed by atoms with Gasteiger partial charge in [-0.15, -0.1) is 0 Å². The average Bonchev–Trinajstić information content (AvgIpc) is 2.98. The molecule has 0 aromatic rings. The summed E-state index contributed by atoms with van der Waals surface area (Å²) in [6.07, 6.45) is 8.52. The van der Waals surface area contributed by atoms with Gasteiger partial charge >= 0.3 is 0 Å². The molecule has 0 radical (unpaired) electrons. The van der Waals surface area contributed by atoms with Gasteiger partial charge in [-0.1, -0.05) is 6.42 Å². The molecule has 0 saturated carbocycles. The second-order valence-corrected chi connectivity index (χ2v) is 6.00. The topological polar surface area (TPSA) is 24.5 Å². The lowest BCUT2D eigenvalue weighted by Crippen LogP contribution is -2.50. The maximum atomic E-state index is 5.78. The van der Waals surface area contributed by atoms with Crippen molar-refractivity contribution in [1.29, 1.82) is 0 Å². The molecule has 0 aliphatic carbocycles. The molecule has 3 aliphatic heterocycles. The van der Waals surface area contributed by atoms with Crippen molar-refractivity contribution in [2.75, 3.05) is 19.7 Å². The fourth-order valence-corrected chi connectivity index (χ4v) is 3.88. The van der Waals surface area contributed by atoms with Crippen LogP contribution in [0.15, 0.2) is 0 Å². The molecule has 0 aromatic heterocycles. The van der Waals surface area contributed by atoms with E-state index in [2.05, 4.69) is 17.1 Å². The third-order valence-electron chi connectivity index (χ3n) is 4.86. The largest absolute Gasteiger partial charge is 0.377 e. The van der Waals surface area contributed by atoms with Gasteiger partial charge in [-0.25, -0.2) is 0 Å². The molecule has 3 rings (SSSR count). The maximum absolute atomic E-state index is 5.78. The van der Waals surface area contributed by atoms with Gasteiger partial charge in [0.1, 0.15) is 0 Å². The van der Waals surface area contributed by atoms with Crippen LogP contribution in [0.2, 0.25) is 0 Å². The highest BCUT2D eigenvalue weighted by Gasteiger charge is 2.37. The number of nitrogens with zero attached hydrogens (tertiary/aromatic N) is 1. The summed E-state index contributed by atoms with van der Waals surface area (Å²) < 4.78 is 5.78. The van der Waals surface area contributed by atoms with E-state index < -0.39 is 0 Å². The van der Waals surface area contributed by atoms with Crippen molar-refractivity contribution in [2.45, 2.75) is 69.7 Å². The first-order chi connectivity index (χ1) is 8.34. The minimum Gasteiger partial charge on any atom is -0.377 e. The molecule has 3 heterocycles. The molecule has 4 atom stereocenters. The van der Waals surface area contributed by atoms with Gasteiger partial charge in [0, 0.05) is 31.3 Å². The predicted octanol–water partition coefficient (Wildman–Crippen LogP) is 1.77. The highest BCUT2D eigenvalue weighted by atomic mass is 16.5. The Bertz CT molecular complexity index is 253. The smallest absolute Gasteiger partial charge is 0.0726 e. The van der Waals surface area contributed by atoms with E-state index in [1.165, 1.54) is 51.6 Å². The number of hydrogen-bond donors (Lipinski definition) is 1. The van der Waals surface area contributed by atoms with Crippen molar-refractivity contribution in [3.8, 4) is 0 Å². The van der Waals surface area contributed by atoms with E-state index >= 15 is 0 Å². The van der Waals surface area contributed by atoms with Crippen LogP contribution in [0.25, 0.3) is 0 Å². The number of fused-ring (bicyclic) bond motifs is 1. The van der Waals surface area contributed by atoms with E-state index in [0.717, 1.165) is 18.7 Å². The molecule has 3 saturated heterocycles. The molecule has 0 bridgehead atoms. The van der Waals surface area contributed by atoms with Gasteiger partial charge < -0.3 is 10.1 Å². The Labute approximate surface area is 105 Å². The summed E-state index contributed by atoms with van der Waals surface area (Å²) in [5, 5.41) is 3.85. The number of nitrogens with one attached hydrogen (secondary N) is 1. The molecule has 17 heavy (non-hydrogen) atoms. The van der Waals surface area contributed by atoms with Crippen LogP contribution < -0.4 is 5.32 Å². The van der Waals surface area contributed by atoms with E-state index in [9.17, 15) is 0 Å². The second kappa shape index (κ2) is 5.25. The van der Waals surface area contributed by atoms with Gasteiger partial charge in [-0.05, 0) is 45.6 Å². The van der Waals surface area contributed by atoms with Crippen LogP contribution in [-0.4, -0.2) is 48.8 Å². The van der Waals surface area contributed by atoms with Crippen molar-refractivity contribution < 1.29 is 4.74 Å². The summed E-state index contributed by atoms with van der Waals surface area (Å²) in [4.78, 5) is 2.70. The van der Waals surface area contributed by atoms with E-state index in [1.54, 1.807) is 0 Å². The first-order valence-electron chi connectivity index (χ1n) is 7.46. The predicted molar refractivity (Wildman–Crippen MR) is 69.2 cm³/mol. The molecule has 1 N–H and O–H groups in total. The minimum atomic E-state index is 0.465. The molecule has 4 unspecified atom stereocenters. The lowest BCUT2D eigenvalue weighted by Gasteiger charge is -2.34. The fourth-order valence-electron chi connectivity index (χ4n) is 3.88. The number of hydrogen-bond acceptors (Lipinski definition) is 3. The van der Waals surface area contributed by atoms with Crippen molar-refractivity contribution in [2.24, 2.45) is 0 Å². The highest BCUT2D eigenvalue weighted by molar-refractivity contribution is 4.95. The summed E-state index contributed by atoms with van der Waals surface area (Å²) in [5.41, 5.74) is 0. The molecular weight excluding hydrogens is 212 g/mol. The van der Waals surface area contributed by atoms with Gasteiger partial charge in [0.2, 0.25) is 0 Å². The van der Waals surface area contributed by atoms with E-state index in [-0.39, 0.29) is 0 Å². The molecule has 3 fully saturated rings. The lowest BCUT2D eigenvalue weighted by molar-refractivity contribution is 0.0753. The normalized spacial score (nSPS) is 40.4. The molecule has 0 amide bonds.